The molecule has 0 radical (unpaired) electrons. The van der Waals surface area contributed by atoms with E-state index >= 15 is 0 Å². The highest BCUT2D eigenvalue weighted by Gasteiger charge is 2.15. The van der Waals surface area contributed by atoms with Gasteiger partial charge in [-0.25, -0.2) is 4.39 Å². The van der Waals surface area contributed by atoms with E-state index in [1.165, 1.54) is 36.8 Å². The van der Waals surface area contributed by atoms with E-state index in [0.717, 1.165) is 30.4 Å². The normalized spacial score (nSPS) is 17.1. The molecule has 0 saturated carbocycles. The molecule has 0 N–H and O–H groups in total. The van der Waals surface area contributed by atoms with Gasteiger partial charge in [-0.2, -0.15) is 0 Å². The first kappa shape index (κ1) is 20.9. The van der Waals surface area contributed by atoms with Crippen LogP contribution in [0.1, 0.15) is 63.5 Å². The SMILES string of the molecule is CCCCC=CC1CC=C(c2ccc(-c3ccc(CC)c(Cl)c3F)cc2)CC1. The van der Waals surface area contributed by atoms with Gasteiger partial charge in [-0.1, -0.05) is 92.9 Å². The summed E-state index contributed by atoms with van der Waals surface area (Å²) in [4.78, 5) is 0. The number of hydrogen-bond acceptors (Lipinski definition) is 0. The topological polar surface area (TPSA) is 0 Å². The number of rotatable bonds is 7. The fraction of sp³-hybridized carbons (Fsp3) is 0.385. The van der Waals surface area contributed by atoms with E-state index in [2.05, 4.69) is 37.3 Å². The number of benzene rings is 2. The molecule has 0 spiro atoms. The second-order valence-corrected chi connectivity index (χ2v) is 8.04. The molecule has 1 unspecified atom stereocenters. The van der Waals surface area contributed by atoms with Crippen LogP contribution in [0.3, 0.4) is 0 Å². The van der Waals surface area contributed by atoms with Crippen LogP contribution in [-0.4, -0.2) is 0 Å². The van der Waals surface area contributed by atoms with Crippen molar-refractivity contribution in [3.63, 3.8) is 0 Å². The molecular weight excluding hydrogens is 367 g/mol. The van der Waals surface area contributed by atoms with Crippen molar-refractivity contribution in [2.24, 2.45) is 5.92 Å². The zero-order valence-corrected chi connectivity index (χ0v) is 17.7. The molecule has 148 valence electrons. The predicted octanol–water partition coefficient (Wildman–Crippen LogP) is 8.64. The molecule has 2 heteroatoms. The van der Waals surface area contributed by atoms with Gasteiger partial charge in [0.15, 0.2) is 0 Å². The Morgan fingerprint density at radius 3 is 2.46 bits per heavy atom. The minimum atomic E-state index is -0.316. The van der Waals surface area contributed by atoms with Crippen LogP contribution in [0.25, 0.3) is 16.7 Å². The van der Waals surface area contributed by atoms with Crippen LogP contribution in [-0.2, 0) is 6.42 Å². The number of aryl methyl sites for hydroxylation is 1. The third kappa shape index (κ3) is 4.94. The van der Waals surface area contributed by atoms with Crippen molar-refractivity contribution < 1.29 is 4.39 Å². The second kappa shape index (κ2) is 10.1. The van der Waals surface area contributed by atoms with Crippen LogP contribution in [0.15, 0.2) is 54.6 Å². The minimum absolute atomic E-state index is 0.247. The molecule has 2 aromatic carbocycles. The molecular formula is C26H30ClF. The molecule has 0 heterocycles. The van der Waals surface area contributed by atoms with Crippen LogP contribution in [0.4, 0.5) is 4.39 Å². The maximum absolute atomic E-state index is 14.6. The van der Waals surface area contributed by atoms with Gasteiger partial charge < -0.3 is 0 Å². The molecule has 0 aliphatic heterocycles. The summed E-state index contributed by atoms with van der Waals surface area (Å²) in [6, 6.07) is 12.0. The van der Waals surface area contributed by atoms with Crippen molar-refractivity contribution >= 4 is 17.2 Å². The molecule has 1 aliphatic carbocycles. The second-order valence-electron chi connectivity index (χ2n) is 7.67. The first-order valence-electron chi connectivity index (χ1n) is 10.6. The standard InChI is InChI=1S/C26H30ClF/c1-3-5-6-7-8-19-9-11-21(12-10-19)22-13-15-23(16-14-22)24-18-17-20(4-2)25(27)26(24)28/h7-8,11,13-19H,3-6,9-10,12H2,1-2H3. The Bertz CT molecular complexity index is 845. The number of unbranched alkanes of at least 4 members (excludes halogenated alkanes) is 2. The van der Waals surface area contributed by atoms with E-state index in [4.69, 9.17) is 11.6 Å². The summed E-state index contributed by atoms with van der Waals surface area (Å²) in [6.07, 6.45) is 15.0. The number of allylic oxidation sites excluding steroid dienone is 4. The first-order valence-corrected chi connectivity index (χ1v) is 10.9. The van der Waals surface area contributed by atoms with E-state index in [9.17, 15) is 4.39 Å². The van der Waals surface area contributed by atoms with Crippen LogP contribution in [0, 0.1) is 11.7 Å². The molecule has 2 aromatic rings. The minimum Gasteiger partial charge on any atom is -0.205 e. The molecule has 3 rings (SSSR count). The molecule has 1 atom stereocenters. The largest absolute Gasteiger partial charge is 0.205 e. The summed E-state index contributed by atoms with van der Waals surface area (Å²) in [5.41, 5.74) is 4.95. The zero-order valence-electron chi connectivity index (χ0n) is 17.0. The third-order valence-electron chi connectivity index (χ3n) is 5.69. The average molecular weight is 397 g/mol. The zero-order chi connectivity index (χ0) is 19.9. The first-order chi connectivity index (χ1) is 13.6. The lowest BCUT2D eigenvalue weighted by atomic mass is 9.86. The highest BCUT2D eigenvalue weighted by molar-refractivity contribution is 6.31. The molecule has 0 aromatic heterocycles. The van der Waals surface area contributed by atoms with E-state index in [1.54, 1.807) is 0 Å². The predicted molar refractivity (Wildman–Crippen MR) is 120 cm³/mol. The van der Waals surface area contributed by atoms with Crippen molar-refractivity contribution in [3.8, 4) is 11.1 Å². The lowest BCUT2D eigenvalue weighted by molar-refractivity contribution is 0.589. The van der Waals surface area contributed by atoms with Crippen molar-refractivity contribution in [3.05, 3.63) is 76.6 Å². The number of hydrogen-bond donors (Lipinski definition) is 0. The molecule has 0 saturated heterocycles. The quantitative estimate of drug-likeness (QED) is 0.324. The van der Waals surface area contributed by atoms with Crippen LogP contribution in [0.2, 0.25) is 5.02 Å². The highest BCUT2D eigenvalue weighted by atomic mass is 35.5. The van der Waals surface area contributed by atoms with Crippen molar-refractivity contribution in [1.82, 2.24) is 0 Å². The van der Waals surface area contributed by atoms with Crippen LogP contribution >= 0.6 is 11.6 Å². The van der Waals surface area contributed by atoms with Gasteiger partial charge in [0.1, 0.15) is 5.82 Å². The fourth-order valence-electron chi connectivity index (χ4n) is 3.85. The van der Waals surface area contributed by atoms with Gasteiger partial charge in [-0.15, -0.1) is 0 Å². The smallest absolute Gasteiger partial charge is 0.149 e. The summed E-state index contributed by atoms with van der Waals surface area (Å²) < 4.78 is 14.6. The van der Waals surface area contributed by atoms with Crippen molar-refractivity contribution in [2.45, 2.75) is 58.8 Å². The van der Waals surface area contributed by atoms with Crippen molar-refractivity contribution in [1.29, 1.82) is 0 Å². The van der Waals surface area contributed by atoms with E-state index in [1.807, 2.05) is 31.2 Å². The van der Waals surface area contributed by atoms with Gasteiger partial charge in [0.05, 0.1) is 5.02 Å². The lowest BCUT2D eigenvalue weighted by Gasteiger charge is -2.20. The van der Waals surface area contributed by atoms with Gasteiger partial charge in [-0.3, -0.25) is 0 Å². The Labute approximate surface area is 174 Å². The number of halogens is 2. The molecule has 0 fully saturated rings. The van der Waals surface area contributed by atoms with Gasteiger partial charge in [-0.05, 0) is 60.3 Å². The molecule has 1 aliphatic rings. The Morgan fingerprint density at radius 1 is 1.07 bits per heavy atom. The monoisotopic (exact) mass is 396 g/mol. The average Bonchev–Trinajstić information content (AvgIpc) is 2.74. The summed E-state index contributed by atoms with van der Waals surface area (Å²) in [5, 5.41) is 0.247. The van der Waals surface area contributed by atoms with Crippen LogP contribution in [0.5, 0.6) is 0 Å². The molecule has 0 nitrogen and oxygen atoms in total. The van der Waals surface area contributed by atoms with E-state index in [-0.39, 0.29) is 10.8 Å². The van der Waals surface area contributed by atoms with E-state index in [0.29, 0.717) is 11.5 Å². The molecule has 0 amide bonds. The lowest BCUT2D eigenvalue weighted by Crippen LogP contribution is -2.02. The Morgan fingerprint density at radius 2 is 1.82 bits per heavy atom. The molecule has 0 bridgehead atoms. The summed E-state index contributed by atoms with van der Waals surface area (Å²) in [7, 11) is 0. The van der Waals surface area contributed by atoms with Crippen molar-refractivity contribution in [2.75, 3.05) is 0 Å². The van der Waals surface area contributed by atoms with Gasteiger partial charge >= 0.3 is 0 Å². The summed E-state index contributed by atoms with van der Waals surface area (Å²) in [5.74, 6) is 0.358. The maximum atomic E-state index is 14.6. The van der Waals surface area contributed by atoms with Crippen LogP contribution < -0.4 is 0 Å². The highest BCUT2D eigenvalue weighted by Crippen LogP contribution is 2.34. The maximum Gasteiger partial charge on any atom is 0.149 e. The Kier molecular flexibility index (Phi) is 7.50. The Hall–Kier alpha value is -1.86. The third-order valence-corrected chi connectivity index (χ3v) is 6.10. The fourth-order valence-corrected chi connectivity index (χ4v) is 4.15. The summed E-state index contributed by atoms with van der Waals surface area (Å²) >= 11 is 6.18. The van der Waals surface area contributed by atoms with Gasteiger partial charge in [0.25, 0.3) is 0 Å². The van der Waals surface area contributed by atoms with Gasteiger partial charge in [0.2, 0.25) is 0 Å². The molecule has 28 heavy (non-hydrogen) atoms. The van der Waals surface area contributed by atoms with E-state index < -0.39 is 0 Å². The van der Waals surface area contributed by atoms with Gasteiger partial charge in [0, 0.05) is 5.56 Å². The Balaban J connectivity index is 1.69. The summed E-state index contributed by atoms with van der Waals surface area (Å²) in [6.45, 7) is 4.22.